The van der Waals surface area contributed by atoms with Gasteiger partial charge >= 0.3 is 11.9 Å². The summed E-state index contributed by atoms with van der Waals surface area (Å²) in [5.74, 6) is -5.69. The highest BCUT2D eigenvalue weighted by Crippen LogP contribution is 2.11. The summed E-state index contributed by atoms with van der Waals surface area (Å²) in [4.78, 5) is 64.5. The third-order valence-electron chi connectivity index (χ3n) is 5.33. The fourth-order valence-electron chi connectivity index (χ4n) is 3.04. The van der Waals surface area contributed by atoms with Crippen molar-refractivity contribution in [3.63, 3.8) is 0 Å². The van der Waals surface area contributed by atoms with Crippen molar-refractivity contribution >= 4 is 35.6 Å². The van der Waals surface area contributed by atoms with Crippen LogP contribution in [-0.4, -0.2) is 76.5 Å². The first-order chi connectivity index (χ1) is 16.2. The smallest absolute Gasteiger partial charge is 0.326 e. The molecule has 200 valence electrons. The molecular formula is C21H39N7O7. The largest absolute Gasteiger partial charge is 0.481 e. The maximum atomic E-state index is 13.1. The highest BCUT2D eigenvalue weighted by atomic mass is 16.4. The Labute approximate surface area is 204 Å². The topological polar surface area (TPSA) is 252 Å². The molecule has 0 bridgehead atoms. The highest BCUT2D eigenvalue weighted by molar-refractivity contribution is 5.94. The summed E-state index contributed by atoms with van der Waals surface area (Å²) in [6.45, 7) is 6.90. The van der Waals surface area contributed by atoms with E-state index >= 15 is 0 Å². The predicted molar refractivity (Wildman–Crippen MR) is 128 cm³/mol. The zero-order chi connectivity index (χ0) is 27.3. The lowest BCUT2D eigenvalue weighted by molar-refractivity contribution is -0.143. The predicted octanol–water partition coefficient (Wildman–Crippen LogP) is -1.92. The minimum atomic E-state index is -1.37. The molecule has 0 aromatic carbocycles. The Hall–Kier alpha value is -3.42. The van der Waals surface area contributed by atoms with Crippen LogP contribution in [0.1, 0.15) is 53.4 Å². The summed E-state index contributed by atoms with van der Waals surface area (Å²) >= 11 is 0. The standard InChI is InChI=1S/C21H39N7O7/c1-5-11(4)16(28-17(31)12(22)9-14(29)30)19(33)26-13(7-6-8-25-21(23)24)18(32)27-15(10(2)3)20(34)35/h10-13,15-16H,5-9,22H2,1-4H3,(H,26,33)(H,27,32)(H,28,31)(H,29,30)(H,34,35)(H4,23,24,25). The van der Waals surface area contributed by atoms with Gasteiger partial charge in [0.1, 0.15) is 18.1 Å². The first-order valence-electron chi connectivity index (χ1n) is 11.4. The molecule has 0 spiro atoms. The molecule has 0 aromatic rings. The van der Waals surface area contributed by atoms with Gasteiger partial charge in [0, 0.05) is 6.54 Å². The molecule has 0 aliphatic heterocycles. The molecule has 0 saturated heterocycles. The van der Waals surface area contributed by atoms with Crippen LogP contribution >= 0.6 is 0 Å². The second kappa shape index (κ2) is 15.5. The SMILES string of the molecule is CCC(C)C(NC(=O)C(N)CC(=O)O)C(=O)NC(CCCN=C(N)N)C(=O)NC(C(=O)O)C(C)C. The maximum absolute atomic E-state index is 13.1. The Morgan fingerprint density at radius 2 is 1.46 bits per heavy atom. The maximum Gasteiger partial charge on any atom is 0.326 e. The number of amides is 3. The molecule has 14 nitrogen and oxygen atoms in total. The first-order valence-corrected chi connectivity index (χ1v) is 11.4. The molecule has 0 heterocycles. The summed E-state index contributed by atoms with van der Waals surface area (Å²) in [6.07, 6.45) is 0.225. The van der Waals surface area contributed by atoms with Crippen LogP contribution in [0.25, 0.3) is 0 Å². The monoisotopic (exact) mass is 501 g/mol. The number of rotatable bonds is 16. The van der Waals surface area contributed by atoms with E-state index in [1.54, 1.807) is 27.7 Å². The number of carbonyl (C=O) groups excluding carboxylic acids is 3. The van der Waals surface area contributed by atoms with E-state index in [4.69, 9.17) is 22.3 Å². The van der Waals surface area contributed by atoms with Gasteiger partial charge in [0.2, 0.25) is 17.7 Å². The zero-order valence-electron chi connectivity index (χ0n) is 20.6. The summed E-state index contributed by atoms with van der Waals surface area (Å²) in [5.41, 5.74) is 16.2. The average Bonchev–Trinajstić information content (AvgIpc) is 2.75. The fourth-order valence-corrected chi connectivity index (χ4v) is 3.04. The number of aliphatic carboxylic acids is 2. The molecule has 0 rings (SSSR count). The van der Waals surface area contributed by atoms with Crippen LogP contribution in [0.15, 0.2) is 4.99 Å². The quantitative estimate of drug-likeness (QED) is 0.0661. The van der Waals surface area contributed by atoms with Crippen molar-refractivity contribution < 1.29 is 34.2 Å². The van der Waals surface area contributed by atoms with E-state index in [-0.39, 0.29) is 24.8 Å². The molecular weight excluding hydrogens is 462 g/mol. The van der Waals surface area contributed by atoms with Crippen LogP contribution in [0.4, 0.5) is 0 Å². The Kier molecular flexibility index (Phi) is 14.0. The first kappa shape index (κ1) is 31.6. The normalized spacial score (nSPS) is 15.1. The van der Waals surface area contributed by atoms with Crippen LogP contribution < -0.4 is 33.2 Å². The molecule has 14 heteroatoms. The number of guanidine groups is 1. The van der Waals surface area contributed by atoms with Crippen LogP contribution in [-0.2, 0) is 24.0 Å². The number of aliphatic imine (C=N–C) groups is 1. The number of carbonyl (C=O) groups is 5. The van der Waals surface area contributed by atoms with Gasteiger partial charge in [-0.2, -0.15) is 0 Å². The van der Waals surface area contributed by atoms with Gasteiger partial charge in [-0.3, -0.25) is 24.2 Å². The number of nitrogens with one attached hydrogen (secondary N) is 3. The van der Waals surface area contributed by atoms with Crippen molar-refractivity contribution in [1.82, 2.24) is 16.0 Å². The number of carboxylic acid groups (broad SMARTS) is 2. The van der Waals surface area contributed by atoms with Gasteiger partial charge in [-0.15, -0.1) is 0 Å². The number of nitrogens with two attached hydrogens (primary N) is 3. The third kappa shape index (κ3) is 12.0. The molecule has 0 aliphatic carbocycles. The Balaban J connectivity index is 5.68. The van der Waals surface area contributed by atoms with E-state index in [9.17, 15) is 29.1 Å². The molecule has 0 saturated carbocycles. The molecule has 0 radical (unpaired) electrons. The fraction of sp³-hybridized carbons (Fsp3) is 0.714. The van der Waals surface area contributed by atoms with Gasteiger partial charge in [-0.25, -0.2) is 4.79 Å². The van der Waals surface area contributed by atoms with Crippen LogP contribution in [0.3, 0.4) is 0 Å². The van der Waals surface area contributed by atoms with E-state index in [0.29, 0.717) is 12.8 Å². The van der Waals surface area contributed by atoms with Crippen molar-refractivity contribution in [3.05, 3.63) is 0 Å². The number of hydrogen-bond donors (Lipinski definition) is 8. The van der Waals surface area contributed by atoms with Crippen molar-refractivity contribution in [1.29, 1.82) is 0 Å². The molecule has 11 N–H and O–H groups in total. The number of carboxylic acids is 2. The van der Waals surface area contributed by atoms with Gasteiger partial charge in [0.05, 0.1) is 12.5 Å². The lowest BCUT2D eigenvalue weighted by Crippen LogP contribution is -2.59. The van der Waals surface area contributed by atoms with Crippen molar-refractivity contribution in [2.75, 3.05) is 6.54 Å². The summed E-state index contributed by atoms with van der Waals surface area (Å²) in [5, 5.41) is 25.7. The Morgan fingerprint density at radius 1 is 0.886 bits per heavy atom. The van der Waals surface area contributed by atoms with Crippen molar-refractivity contribution in [3.8, 4) is 0 Å². The van der Waals surface area contributed by atoms with Crippen LogP contribution in [0.5, 0.6) is 0 Å². The summed E-state index contributed by atoms with van der Waals surface area (Å²) < 4.78 is 0. The van der Waals surface area contributed by atoms with E-state index in [1.165, 1.54) is 0 Å². The number of hydrogen-bond acceptors (Lipinski definition) is 7. The van der Waals surface area contributed by atoms with E-state index in [2.05, 4.69) is 20.9 Å². The van der Waals surface area contributed by atoms with Gasteiger partial charge < -0.3 is 43.4 Å². The molecule has 0 aliphatic rings. The molecule has 0 aromatic heterocycles. The zero-order valence-corrected chi connectivity index (χ0v) is 20.6. The second-order valence-corrected chi connectivity index (χ2v) is 8.65. The molecule has 35 heavy (non-hydrogen) atoms. The number of nitrogens with zero attached hydrogens (tertiary/aromatic N) is 1. The average molecular weight is 502 g/mol. The minimum Gasteiger partial charge on any atom is -0.481 e. The molecule has 5 unspecified atom stereocenters. The molecule has 5 atom stereocenters. The van der Waals surface area contributed by atoms with Gasteiger partial charge in [0.15, 0.2) is 5.96 Å². The summed E-state index contributed by atoms with van der Waals surface area (Å²) in [6, 6.07) is -4.80. The van der Waals surface area contributed by atoms with Gasteiger partial charge in [0.25, 0.3) is 0 Å². The van der Waals surface area contributed by atoms with E-state index < -0.39 is 66.2 Å². The van der Waals surface area contributed by atoms with Gasteiger partial charge in [-0.05, 0) is 24.7 Å². The van der Waals surface area contributed by atoms with Crippen molar-refractivity contribution in [2.24, 2.45) is 34.0 Å². The highest BCUT2D eigenvalue weighted by Gasteiger charge is 2.33. The van der Waals surface area contributed by atoms with Crippen LogP contribution in [0, 0.1) is 11.8 Å². The Bertz CT molecular complexity index is 784. The summed E-state index contributed by atoms with van der Waals surface area (Å²) in [7, 11) is 0. The minimum absolute atomic E-state index is 0.0818. The van der Waals surface area contributed by atoms with Gasteiger partial charge in [-0.1, -0.05) is 34.1 Å². The van der Waals surface area contributed by atoms with E-state index in [0.717, 1.165) is 0 Å². The van der Waals surface area contributed by atoms with Crippen molar-refractivity contribution in [2.45, 2.75) is 77.5 Å². The molecule has 0 fully saturated rings. The van der Waals surface area contributed by atoms with Crippen LogP contribution in [0.2, 0.25) is 0 Å². The Morgan fingerprint density at radius 3 is 1.91 bits per heavy atom. The third-order valence-corrected chi connectivity index (χ3v) is 5.33. The molecule has 3 amide bonds. The lowest BCUT2D eigenvalue weighted by atomic mass is 9.96. The van der Waals surface area contributed by atoms with E-state index in [1.807, 2.05) is 0 Å². The second-order valence-electron chi connectivity index (χ2n) is 8.65. The lowest BCUT2D eigenvalue weighted by Gasteiger charge is -2.28.